The first-order valence-corrected chi connectivity index (χ1v) is 9.16. The standard InChI is InChI=1S/C19H22OS2/c1-3-16(20)14-15(2)19(21-17-10-6-4-7-11-17)22-18-12-8-5-9-13-18/h4-13,16,20H,3,14H2,1-2H3/t16-/m0/s1. The maximum absolute atomic E-state index is 9.96. The Labute approximate surface area is 141 Å². The Hall–Kier alpha value is -1.16. The highest BCUT2D eigenvalue weighted by molar-refractivity contribution is 8.22. The van der Waals surface area contributed by atoms with Crippen LogP contribution in [0, 0.1) is 0 Å². The lowest BCUT2D eigenvalue weighted by Gasteiger charge is -2.14. The third-order valence-electron chi connectivity index (χ3n) is 3.27. The third kappa shape index (κ3) is 5.56. The van der Waals surface area contributed by atoms with Crippen molar-refractivity contribution < 1.29 is 5.11 Å². The zero-order valence-corrected chi connectivity index (χ0v) is 14.7. The van der Waals surface area contributed by atoms with Gasteiger partial charge in [0, 0.05) is 14.0 Å². The van der Waals surface area contributed by atoms with Gasteiger partial charge in [0.1, 0.15) is 0 Å². The molecule has 1 nitrogen and oxygen atoms in total. The third-order valence-corrected chi connectivity index (χ3v) is 5.85. The lowest BCUT2D eigenvalue weighted by molar-refractivity contribution is 0.170. The summed E-state index contributed by atoms with van der Waals surface area (Å²) in [6.45, 7) is 4.15. The molecule has 0 saturated carbocycles. The highest BCUT2D eigenvalue weighted by Gasteiger charge is 2.11. The number of thioether (sulfide) groups is 2. The topological polar surface area (TPSA) is 20.2 Å². The molecule has 1 atom stereocenters. The average Bonchev–Trinajstić information content (AvgIpc) is 2.56. The summed E-state index contributed by atoms with van der Waals surface area (Å²) in [7, 11) is 0. The molecule has 0 fully saturated rings. The van der Waals surface area contributed by atoms with Crippen molar-refractivity contribution in [3.8, 4) is 0 Å². The summed E-state index contributed by atoms with van der Waals surface area (Å²) in [6, 6.07) is 20.8. The fourth-order valence-corrected chi connectivity index (χ4v) is 4.24. The van der Waals surface area contributed by atoms with E-state index in [4.69, 9.17) is 0 Å². The first-order valence-electron chi connectivity index (χ1n) is 7.52. The summed E-state index contributed by atoms with van der Waals surface area (Å²) in [5.74, 6) is 0. The molecule has 0 aliphatic heterocycles. The molecule has 3 heteroatoms. The highest BCUT2D eigenvalue weighted by atomic mass is 32.2. The van der Waals surface area contributed by atoms with Gasteiger partial charge in [0.15, 0.2) is 0 Å². The van der Waals surface area contributed by atoms with Crippen molar-refractivity contribution in [1.82, 2.24) is 0 Å². The van der Waals surface area contributed by atoms with E-state index in [1.165, 1.54) is 19.6 Å². The summed E-state index contributed by atoms with van der Waals surface area (Å²) in [5.41, 5.74) is 1.25. The van der Waals surface area contributed by atoms with Gasteiger partial charge in [-0.1, -0.05) is 72.4 Å². The molecular weight excluding hydrogens is 308 g/mol. The van der Waals surface area contributed by atoms with Gasteiger partial charge >= 0.3 is 0 Å². The van der Waals surface area contributed by atoms with Crippen molar-refractivity contribution in [2.24, 2.45) is 0 Å². The van der Waals surface area contributed by atoms with Gasteiger partial charge in [0.2, 0.25) is 0 Å². The Morgan fingerprint density at radius 1 is 0.909 bits per heavy atom. The van der Waals surface area contributed by atoms with E-state index in [0.717, 1.165) is 12.8 Å². The van der Waals surface area contributed by atoms with Gasteiger partial charge < -0.3 is 5.11 Å². The largest absolute Gasteiger partial charge is 0.393 e. The molecule has 0 aliphatic rings. The van der Waals surface area contributed by atoms with Crippen LogP contribution < -0.4 is 0 Å². The smallest absolute Gasteiger partial charge is 0.0575 e. The summed E-state index contributed by atoms with van der Waals surface area (Å²) in [5, 5.41) is 9.96. The molecule has 2 rings (SSSR count). The summed E-state index contributed by atoms with van der Waals surface area (Å²) in [4.78, 5) is 2.46. The van der Waals surface area contributed by atoms with Crippen molar-refractivity contribution in [3.05, 3.63) is 70.5 Å². The van der Waals surface area contributed by atoms with E-state index in [1.54, 1.807) is 23.5 Å². The monoisotopic (exact) mass is 330 g/mol. The van der Waals surface area contributed by atoms with Crippen LogP contribution in [0.2, 0.25) is 0 Å². The molecule has 0 unspecified atom stereocenters. The number of benzene rings is 2. The van der Waals surface area contributed by atoms with Crippen LogP contribution in [0.5, 0.6) is 0 Å². The molecule has 2 aromatic carbocycles. The summed E-state index contributed by atoms with van der Waals surface area (Å²) >= 11 is 3.55. The molecule has 0 heterocycles. The summed E-state index contributed by atoms with van der Waals surface area (Å²) in [6.07, 6.45) is 1.25. The van der Waals surface area contributed by atoms with Gasteiger partial charge in [-0.25, -0.2) is 0 Å². The van der Waals surface area contributed by atoms with Crippen LogP contribution in [0.3, 0.4) is 0 Å². The minimum absolute atomic E-state index is 0.261. The number of rotatable bonds is 7. The van der Waals surface area contributed by atoms with E-state index in [-0.39, 0.29) is 6.10 Å². The van der Waals surface area contributed by atoms with Gasteiger partial charge in [0.05, 0.1) is 6.10 Å². The fraction of sp³-hybridized carbons (Fsp3) is 0.263. The maximum atomic E-state index is 9.96. The molecule has 22 heavy (non-hydrogen) atoms. The molecule has 1 N–H and O–H groups in total. The predicted octanol–water partition coefficient (Wildman–Crippen LogP) is 5.96. The van der Waals surface area contributed by atoms with Crippen LogP contribution in [-0.4, -0.2) is 11.2 Å². The van der Waals surface area contributed by atoms with E-state index >= 15 is 0 Å². The Morgan fingerprint density at radius 3 is 1.77 bits per heavy atom. The second-order valence-corrected chi connectivity index (χ2v) is 7.59. The minimum atomic E-state index is -0.261. The van der Waals surface area contributed by atoms with Crippen molar-refractivity contribution in [1.29, 1.82) is 0 Å². The number of hydrogen-bond acceptors (Lipinski definition) is 3. The second kappa shape index (κ2) is 9.09. The van der Waals surface area contributed by atoms with E-state index < -0.39 is 0 Å². The van der Waals surface area contributed by atoms with Crippen molar-refractivity contribution in [2.45, 2.75) is 42.6 Å². The first-order chi connectivity index (χ1) is 10.7. The van der Waals surface area contributed by atoms with Gasteiger partial charge in [-0.3, -0.25) is 0 Å². The SMILES string of the molecule is CC[C@H](O)CC(C)=C(Sc1ccccc1)Sc1ccccc1. The summed E-state index contributed by atoms with van der Waals surface area (Å²) < 4.78 is 1.25. The van der Waals surface area contributed by atoms with Crippen LogP contribution >= 0.6 is 23.5 Å². The molecular formula is C19H22OS2. The van der Waals surface area contributed by atoms with Crippen LogP contribution in [0.4, 0.5) is 0 Å². The van der Waals surface area contributed by atoms with Gasteiger partial charge in [-0.05, 0) is 44.0 Å². The Kier molecular flexibility index (Phi) is 7.10. The molecule has 116 valence electrons. The van der Waals surface area contributed by atoms with E-state index in [9.17, 15) is 5.11 Å². The Morgan fingerprint density at radius 2 is 1.36 bits per heavy atom. The number of hydrogen-bond donors (Lipinski definition) is 1. The lowest BCUT2D eigenvalue weighted by Crippen LogP contribution is -2.04. The van der Waals surface area contributed by atoms with Gasteiger partial charge in [-0.15, -0.1) is 0 Å². The Bertz CT molecular complexity index is 550. The van der Waals surface area contributed by atoms with Crippen LogP contribution in [0.1, 0.15) is 26.7 Å². The van der Waals surface area contributed by atoms with Crippen molar-refractivity contribution >= 4 is 23.5 Å². The predicted molar refractivity (Wildman–Crippen MR) is 98.2 cm³/mol. The highest BCUT2D eigenvalue weighted by Crippen LogP contribution is 2.42. The van der Waals surface area contributed by atoms with Crippen LogP contribution in [0.15, 0.2) is 80.3 Å². The molecule has 0 spiro atoms. The Balaban J connectivity index is 2.21. The van der Waals surface area contributed by atoms with Crippen molar-refractivity contribution in [2.75, 3.05) is 0 Å². The van der Waals surface area contributed by atoms with Crippen LogP contribution in [0.25, 0.3) is 0 Å². The van der Waals surface area contributed by atoms with Gasteiger partial charge in [-0.2, -0.15) is 0 Å². The molecule has 0 amide bonds. The molecule has 2 aromatic rings. The maximum Gasteiger partial charge on any atom is 0.0575 e. The first kappa shape index (κ1) is 17.2. The normalized spacial score (nSPS) is 12.0. The van der Waals surface area contributed by atoms with E-state index in [2.05, 4.69) is 55.5 Å². The molecule has 0 aliphatic carbocycles. The van der Waals surface area contributed by atoms with E-state index in [1.807, 2.05) is 19.1 Å². The van der Waals surface area contributed by atoms with Crippen molar-refractivity contribution in [3.63, 3.8) is 0 Å². The molecule has 0 saturated heterocycles. The zero-order valence-electron chi connectivity index (χ0n) is 13.0. The molecule has 0 aromatic heterocycles. The number of aliphatic hydroxyl groups is 1. The number of aliphatic hydroxyl groups excluding tert-OH is 1. The molecule has 0 bridgehead atoms. The second-order valence-electron chi connectivity index (χ2n) is 5.16. The molecule has 0 radical (unpaired) electrons. The van der Waals surface area contributed by atoms with Gasteiger partial charge in [0.25, 0.3) is 0 Å². The quantitative estimate of drug-likeness (QED) is 0.632. The average molecular weight is 331 g/mol. The zero-order chi connectivity index (χ0) is 15.8. The lowest BCUT2D eigenvalue weighted by atomic mass is 10.1. The fourth-order valence-electron chi connectivity index (χ4n) is 1.97. The van der Waals surface area contributed by atoms with Crippen LogP contribution in [-0.2, 0) is 0 Å². The minimum Gasteiger partial charge on any atom is -0.393 e. The van der Waals surface area contributed by atoms with E-state index in [0.29, 0.717) is 0 Å².